The highest BCUT2D eigenvalue weighted by Crippen LogP contribution is 1.98. The van der Waals surface area contributed by atoms with Crippen LogP contribution in [0.1, 0.15) is 59.3 Å². The highest BCUT2D eigenvalue weighted by molar-refractivity contribution is 6.53. The van der Waals surface area contributed by atoms with Crippen molar-refractivity contribution in [1.29, 1.82) is 0 Å². The van der Waals surface area contributed by atoms with E-state index in [1.165, 1.54) is 44.8 Å². The van der Waals surface area contributed by atoms with Crippen LogP contribution in [0.25, 0.3) is 0 Å². The molecule has 0 saturated carbocycles. The molecule has 0 aromatic carbocycles. The van der Waals surface area contributed by atoms with Crippen LogP contribution in [0, 0.1) is 0 Å². The second kappa shape index (κ2) is 12.1. The predicted molar refractivity (Wildman–Crippen MR) is 71.3 cm³/mol. The van der Waals surface area contributed by atoms with Gasteiger partial charge in [-0.1, -0.05) is 46.5 Å². The Labute approximate surface area is 96.7 Å². The molecule has 0 rings (SSSR count). The van der Waals surface area contributed by atoms with E-state index in [9.17, 15) is 0 Å². The molecule has 15 heavy (non-hydrogen) atoms. The summed E-state index contributed by atoms with van der Waals surface area (Å²) >= 11 is 0. The maximum Gasteiger partial charge on any atom is 0.305 e. The summed E-state index contributed by atoms with van der Waals surface area (Å²) in [6, 6.07) is 0. The molecule has 2 nitrogen and oxygen atoms in total. The first-order valence-corrected chi connectivity index (χ1v) is 6.81. The van der Waals surface area contributed by atoms with Crippen molar-refractivity contribution < 1.29 is 0 Å². The predicted octanol–water partition coefficient (Wildman–Crippen LogP) is 3.05. The minimum Gasteiger partial charge on any atom is -0.342 e. The largest absolute Gasteiger partial charge is 0.342 e. The van der Waals surface area contributed by atoms with Crippen LogP contribution < -0.4 is 10.5 Å². The summed E-state index contributed by atoms with van der Waals surface area (Å²) < 4.78 is 0. The Morgan fingerprint density at radius 3 is 1.60 bits per heavy atom. The van der Waals surface area contributed by atoms with Crippen molar-refractivity contribution >= 4 is 6.98 Å². The molecule has 0 heterocycles. The highest BCUT2D eigenvalue weighted by atomic mass is 14.9. The van der Waals surface area contributed by atoms with Gasteiger partial charge in [0.2, 0.25) is 0 Å². The average molecular weight is 212 g/mol. The Hall–Kier alpha value is -0.0151. The van der Waals surface area contributed by atoms with E-state index in [2.05, 4.69) is 31.2 Å². The van der Waals surface area contributed by atoms with Crippen LogP contribution in [0.5, 0.6) is 0 Å². The number of unbranched alkanes of at least 4 members (excludes halogenated alkanes) is 3. The van der Waals surface area contributed by atoms with Crippen molar-refractivity contribution in [3.05, 3.63) is 0 Å². The van der Waals surface area contributed by atoms with E-state index < -0.39 is 0 Å². The Kier molecular flexibility index (Phi) is 12.0. The third-order valence-electron chi connectivity index (χ3n) is 2.69. The summed E-state index contributed by atoms with van der Waals surface area (Å²) in [6.07, 6.45) is 9.02. The maximum absolute atomic E-state index is 3.60. The number of nitrogens with one attached hydrogen (secondary N) is 2. The van der Waals surface area contributed by atoms with Gasteiger partial charge in [0.15, 0.2) is 0 Å². The van der Waals surface area contributed by atoms with Crippen LogP contribution in [0.15, 0.2) is 0 Å². The molecule has 0 aromatic rings. The van der Waals surface area contributed by atoms with Crippen LogP contribution in [0.2, 0.25) is 6.32 Å². The van der Waals surface area contributed by atoms with Gasteiger partial charge in [0.25, 0.3) is 0 Å². The minimum atomic E-state index is 0.544. The zero-order valence-corrected chi connectivity index (χ0v) is 10.9. The normalized spacial score (nSPS) is 10.6. The lowest BCUT2D eigenvalue weighted by molar-refractivity contribution is 0.709. The SMILES string of the molecule is CCCCNB(CCCC)NCCCC. The molecule has 0 unspecified atom stereocenters. The smallest absolute Gasteiger partial charge is 0.305 e. The molecule has 90 valence electrons. The van der Waals surface area contributed by atoms with Gasteiger partial charge >= 0.3 is 6.98 Å². The molecule has 0 amide bonds. The molecule has 0 atom stereocenters. The monoisotopic (exact) mass is 212 g/mol. The molecule has 0 bridgehead atoms. The molecule has 0 radical (unpaired) electrons. The molecular weight excluding hydrogens is 183 g/mol. The summed E-state index contributed by atoms with van der Waals surface area (Å²) in [5.74, 6) is 0. The Morgan fingerprint density at radius 2 is 1.20 bits per heavy atom. The summed E-state index contributed by atoms with van der Waals surface area (Å²) in [5, 5.41) is 7.21. The Bertz CT molecular complexity index is 110. The summed E-state index contributed by atoms with van der Waals surface area (Å²) in [7, 11) is 0. The third kappa shape index (κ3) is 10.3. The van der Waals surface area contributed by atoms with Crippen LogP contribution in [0.3, 0.4) is 0 Å². The van der Waals surface area contributed by atoms with Crippen LogP contribution in [0.4, 0.5) is 0 Å². The molecular formula is C12H29BN2. The van der Waals surface area contributed by atoms with Crippen molar-refractivity contribution in [2.45, 2.75) is 65.6 Å². The maximum atomic E-state index is 3.60. The molecule has 0 aliphatic carbocycles. The van der Waals surface area contributed by atoms with E-state index in [1.54, 1.807) is 0 Å². The van der Waals surface area contributed by atoms with E-state index in [-0.39, 0.29) is 0 Å². The van der Waals surface area contributed by atoms with Gasteiger partial charge in [-0.2, -0.15) is 0 Å². The standard InChI is InChI=1S/C12H29BN2/c1-4-7-10-13(14-11-8-5-2)15-12-9-6-3/h14-15H,4-12H2,1-3H3. The van der Waals surface area contributed by atoms with Crippen LogP contribution in [-0.4, -0.2) is 20.1 Å². The van der Waals surface area contributed by atoms with Gasteiger partial charge in [0.1, 0.15) is 0 Å². The molecule has 0 aliphatic heterocycles. The fourth-order valence-corrected chi connectivity index (χ4v) is 1.59. The molecule has 0 saturated heterocycles. The minimum absolute atomic E-state index is 0.544. The second-order valence-electron chi connectivity index (χ2n) is 4.31. The fraction of sp³-hybridized carbons (Fsp3) is 1.00. The lowest BCUT2D eigenvalue weighted by Crippen LogP contribution is -2.47. The average Bonchev–Trinajstić information content (AvgIpc) is 2.25. The van der Waals surface area contributed by atoms with Gasteiger partial charge in [-0.05, 0) is 32.3 Å². The van der Waals surface area contributed by atoms with Gasteiger partial charge < -0.3 is 10.5 Å². The molecule has 0 aromatic heterocycles. The lowest BCUT2D eigenvalue weighted by Gasteiger charge is -2.15. The molecule has 3 heteroatoms. The molecule has 0 spiro atoms. The zero-order chi connectivity index (χ0) is 11.4. The first-order chi connectivity index (χ1) is 7.35. The topological polar surface area (TPSA) is 24.1 Å². The molecule has 0 fully saturated rings. The van der Waals surface area contributed by atoms with E-state index in [0.717, 1.165) is 13.1 Å². The van der Waals surface area contributed by atoms with Gasteiger partial charge in [-0.25, -0.2) is 0 Å². The quantitative estimate of drug-likeness (QED) is 0.406. The van der Waals surface area contributed by atoms with E-state index in [1.807, 2.05) is 0 Å². The van der Waals surface area contributed by atoms with Crippen molar-refractivity contribution in [2.24, 2.45) is 0 Å². The second-order valence-corrected chi connectivity index (χ2v) is 4.31. The summed E-state index contributed by atoms with van der Waals surface area (Å²) in [6.45, 7) is 9.60. The number of rotatable bonds is 11. The van der Waals surface area contributed by atoms with E-state index in [0.29, 0.717) is 6.98 Å². The Balaban J connectivity index is 3.53. The van der Waals surface area contributed by atoms with E-state index in [4.69, 9.17) is 0 Å². The summed E-state index contributed by atoms with van der Waals surface area (Å²) in [4.78, 5) is 0. The van der Waals surface area contributed by atoms with Crippen molar-refractivity contribution in [2.75, 3.05) is 13.1 Å². The van der Waals surface area contributed by atoms with Crippen molar-refractivity contribution in [1.82, 2.24) is 10.5 Å². The first kappa shape index (κ1) is 15.0. The van der Waals surface area contributed by atoms with Gasteiger partial charge in [-0.15, -0.1) is 0 Å². The van der Waals surface area contributed by atoms with Gasteiger partial charge in [-0.3, -0.25) is 0 Å². The first-order valence-electron chi connectivity index (χ1n) is 6.81. The summed E-state index contributed by atoms with van der Waals surface area (Å²) in [5.41, 5.74) is 0. The third-order valence-corrected chi connectivity index (χ3v) is 2.69. The van der Waals surface area contributed by atoms with E-state index >= 15 is 0 Å². The van der Waals surface area contributed by atoms with Crippen LogP contribution in [-0.2, 0) is 0 Å². The molecule has 2 N–H and O–H groups in total. The molecule has 0 aliphatic rings. The Morgan fingerprint density at radius 1 is 0.733 bits per heavy atom. The fourth-order valence-electron chi connectivity index (χ4n) is 1.59. The van der Waals surface area contributed by atoms with Gasteiger partial charge in [0, 0.05) is 0 Å². The zero-order valence-electron chi connectivity index (χ0n) is 10.9. The number of hydrogen-bond donors (Lipinski definition) is 2. The lowest BCUT2D eigenvalue weighted by atomic mass is 9.70. The highest BCUT2D eigenvalue weighted by Gasteiger charge is 2.11. The van der Waals surface area contributed by atoms with Crippen molar-refractivity contribution in [3.8, 4) is 0 Å². The number of hydrogen-bond acceptors (Lipinski definition) is 2. The van der Waals surface area contributed by atoms with Crippen molar-refractivity contribution in [3.63, 3.8) is 0 Å². The van der Waals surface area contributed by atoms with Gasteiger partial charge in [0.05, 0.1) is 0 Å². The van der Waals surface area contributed by atoms with Crippen LogP contribution >= 0.6 is 0 Å².